The van der Waals surface area contributed by atoms with Crippen LogP contribution in [0.25, 0.3) is 11.1 Å². The second kappa shape index (κ2) is 8.02. The summed E-state index contributed by atoms with van der Waals surface area (Å²) in [5, 5.41) is 4.79. The highest BCUT2D eigenvalue weighted by Crippen LogP contribution is 2.39. The fraction of sp³-hybridized carbons (Fsp3) is 0.238. The Balaban J connectivity index is 1.92. The van der Waals surface area contributed by atoms with Gasteiger partial charge in [0.2, 0.25) is 15.8 Å². The highest BCUT2D eigenvalue weighted by atomic mass is 35.5. The Hall–Kier alpha value is -2.69. The number of benzene rings is 1. The SMILES string of the molecule is NS(=O)(=O)c1ccc(-c2c(C(=O)c3c(Cl)ccnc3C(F)(F)F)[nH]c3c2CCCC3)cc1. The largest absolute Gasteiger partial charge is 0.434 e. The first-order chi connectivity index (χ1) is 15.0. The first-order valence-corrected chi connectivity index (χ1v) is 11.5. The van der Waals surface area contributed by atoms with E-state index in [4.69, 9.17) is 16.7 Å². The number of nitrogens with two attached hydrogens (primary N) is 1. The number of aromatic nitrogens is 2. The molecule has 0 aliphatic heterocycles. The number of alkyl halides is 3. The molecule has 2 aromatic heterocycles. The number of nitrogens with one attached hydrogen (secondary N) is 1. The van der Waals surface area contributed by atoms with E-state index in [2.05, 4.69) is 9.97 Å². The van der Waals surface area contributed by atoms with Gasteiger partial charge in [-0.15, -0.1) is 0 Å². The molecule has 1 aromatic carbocycles. The maximum absolute atomic E-state index is 13.6. The van der Waals surface area contributed by atoms with Crippen molar-refractivity contribution in [3.63, 3.8) is 0 Å². The number of aromatic amines is 1. The number of hydrogen-bond acceptors (Lipinski definition) is 4. The molecule has 32 heavy (non-hydrogen) atoms. The number of H-pyrrole nitrogens is 1. The molecule has 0 radical (unpaired) electrons. The van der Waals surface area contributed by atoms with E-state index in [1.807, 2.05) is 0 Å². The Morgan fingerprint density at radius 1 is 1.09 bits per heavy atom. The third-order valence-corrected chi connectivity index (χ3v) is 6.63. The van der Waals surface area contributed by atoms with Crippen molar-refractivity contribution in [2.45, 2.75) is 36.8 Å². The fourth-order valence-corrected chi connectivity index (χ4v) is 4.72. The molecule has 1 aliphatic rings. The number of pyridine rings is 1. The van der Waals surface area contributed by atoms with E-state index >= 15 is 0 Å². The monoisotopic (exact) mass is 483 g/mol. The van der Waals surface area contributed by atoms with Gasteiger partial charge in [0.05, 0.1) is 21.2 Å². The highest BCUT2D eigenvalue weighted by molar-refractivity contribution is 7.89. The number of primary sulfonamides is 1. The second-order valence-corrected chi connectivity index (χ2v) is 9.42. The number of fused-ring (bicyclic) bond motifs is 1. The zero-order chi connectivity index (χ0) is 23.3. The lowest BCUT2D eigenvalue weighted by atomic mass is 9.90. The lowest BCUT2D eigenvalue weighted by Gasteiger charge is -2.14. The average Bonchev–Trinajstić information content (AvgIpc) is 3.11. The maximum Gasteiger partial charge on any atom is 0.434 e. The van der Waals surface area contributed by atoms with Gasteiger partial charge in [0.1, 0.15) is 0 Å². The van der Waals surface area contributed by atoms with Crippen LogP contribution >= 0.6 is 11.6 Å². The van der Waals surface area contributed by atoms with Crippen LogP contribution in [0.15, 0.2) is 41.4 Å². The Labute approximate surface area is 186 Å². The van der Waals surface area contributed by atoms with Crippen LogP contribution in [0.1, 0.15) is 45.8 Å². The average molecular weight is 484 g/mol. The van der Waals surface area contributed by atoms with Crippen LogP contribution < -0.4 is 5.14 Å². The Bertz CT molecular complexity index is 1320. The molecule has 0 amide bonds. The van der Waals surface area contributed by atoms with E-state index in [1.54, 1.807) is 0 Å². The molecular formula is C21H17ClF3N3O3S. The number of nitrogens with zero attached hydrogens (tertiary/aromatic N) is 1. The first-order valence-electron chi connectivity index (χ1n) is 9.62. The van der Waals surface area contributed by atoms with Gasteiger partial charge in [0, 0.05) is 17.5 Å². The van der Waals surface area contributed by atoms with Crippen LogP contribution in [0.2, 0.25) is 5.02 Å². The summed E-state index contributed by atoms with van der Waals surface area (Å²) >= 11 is 6.02. The molecule has 0 spiro atoms. The minimum Gasteiger partial charge on any atom is -0.355 e. The second-order valence-electron chi connectivity index (χ2n) is 7.45. The number of carbonyl (C=O) groups excluding carboxylic acids is 1. The summed E-state index contributed by atoms with van der Waals surface area (Å²) in [7, 11) is -3.93. The van der Waals surface area contributed by atoms with Crippen LogP contribution in [-0.4, -0.2) is 24.2 Å². The number of hydrogen-bond donors (Lipinski definition) is 2. The van der Waals surface area contributed by atoms with Crippen molar-refractivity contribution >= 4 is 27.4 Å². The van der Waals surface area contributed by atoms with Gasteiger partial charge in [-0.05, 0) is 55.0 Å². The molecule has 0 atom stereocenters. The topological polar surface area (TPSA) is 106 Å². The molecule has 0 saturated heterocycles. The summed E-state index contributed by atoms with van der Waals surface area (Å²) in [6, 6.07) is 6.67. The fourth-order valence-electron chi connectivity index (χ4n) is 3.98. The molecule has 6 nitrogen and oxygen atoms in total. The lowest BCUT2D eigenvalue weighted by molar-refractivity contribution is -0.141. The van der Waals surface area contributed by atoms with E-state index in [-0.39, 0.29) is 15.6 Å². The number of carbonyl (C=O) groups is 1. The molecule has 3 N–H and O–H groups in total. The number of aryl methyl sites for hydroxylation is 1. The van der Waals surface area contributed by atoms with Crippen molar-refractivity contribution in [1.82, 2.24) is 9.97 Å². The van der Waals surface area contributed by atoms with Crippen LogP contribution in [0.5, 0.6) is 0 Å². The lowest BCUT2D eigenvalue weighted by Crippen LogP contribution is -2.17. The Morgan fingerprint density at radius 3 is 2.38 bits per heavy atom. The zero-order valence-corrected chi connectivity index (χ0v) is 18.0. The number of rotatable bonds is 4. The summed E-state index contributed by atoms with van der Waals surface area (Å²) in [5.74, 6) is -0.935. The third-order valence-electron chi connectivity index (χ3n) is 5.39. The van der Waals surface area contributed by atoms with E-state index in [0.717, 1.165) is 36.4 Å². The number of halogens is 4. The Morgan fingerprint density at radius 2 is 1.75 bits per heavy atom. The van der Waals surface area contributed by atoms with Gasteiger partial charge in [0.15, 0.2) is 5.69 Å². The van der Waals surface area contributed by atoms with Gasteiger partial charge in [-0.25, -0.2) is 13.6 Å². The standard InChI is InChI=1S/C21H17ClF3N3O3S/c22-14-9-10-27-20(21(23,24)25)17(14)19(29)18-16(13-3-1-2-4-15(13)28-18)11-5-7-12(8-6-11)32(26,30)31/h5-10,28H,1-4H2,(H2,26,30,31). The molecule has 2 heterocycles. The molecule has 11 heteroatoms. The molecule has 0 bridgehead atoms. The van der Waals surface area contributed by atoms with Crippen molar-refractivity contribution in [3.05, 3.63) is 69.8 Å². The first kappa shape index (κ1) is 22.5. The van der Waals surface area contributed by atoms with Gasteiger partial charge >= 0.3 is 6.18 Å². The Kier molecular flexibility index (Phi) is 5.64. The summed E-state index contributed by atoms with van der Waals surface area (Å²) in [6.45, 7) is 0. The quantitative estimate of drug-likeness (QED) is 0.532. The maximum atomic E-state index is 13.6. The van der Waals surface area contributed by atoms with Gasteiger partial charge in [0.25, 0.3) is 0 Å². The predicted octanol–water partition coefficient (Wildman–Crippen LogP) is 4.51. The van der Waals surface area contributed by atoms with Crippen molar-refractivity contribution in [1.29, 1.82) is 0 Å². The molecule has 1 aliphatic carbocycles. The zero-order valence-electron chi connectivity index (χ0n) is 16.5. The molecule has 4 rings (SSSR count). The van der Waals surface area contributed by atoms with E-state index in [0.29, 0.717) is 24.0 Å². The smallest absolute Gasteiger partial charge is 0.355 e. The van der Waals surface area contributed by atoms with Crippen LogP contribution in [-0.2, 0) is 29.0 Å². The van der Waals surface area contributed by atoms with Crippen molar-refractivity contribution < 1.29 is 26.4 Å². The van der Waals surface area contributed by atoms with Crippen LogP contribution in [0.4, 0.5) is 13.2 Å². The van der Waals surface area contributed by atoms with Gasteiger partial charge < -0.3 is 4.98 Å². The molecule has 0 fully saturated rings. The summed E-state index contributed by atoms with van der Waals surface area (Å²) < 4.78 is 63.8. The number of sulfonamides is 1. The summed E-state index contributed by atoms with van der Waals surface area (Å²) in [6.07, 6.45) is -1.00. The molecule has 0 unspecified atom stereocenters. The normalized spacial score (nSPS) is 14.3. The molecular weight excluding hydrogens is 467 g/mol. The molecule has 0 saturated carbocycles. The molecule has 168 valence electrons. The van der Waals surface area contributed by atoms with Crippen LogP contribution in [0.3, 0.4) is 0 Å². The van der Waals surface area contributed by atoms with E-state index < -0.39 is 33.2 Å². The van der Waals surface area contributed by atoms with Crippen molar-refractivity contribution in [2.75, 3.05) is 0 Å². The van der Waals surface area contributed by atoms with Gasteiger partial charge in [-0.2, -0.15) is 13.2 Å². The summed E-state index contributed by atoms with van der Waals surface area (Å²) in [4.78, 5) is 19.6. The third kappa shape index (κ3) is 4.05. The predicted molar refractivity (Wildman–Crippen MR) is 112 cm³/mol. The van der Waals surface area contributed by atoms with Crippen molar-refractivity contribution in [2.24, 2.45) is 5.14 Å². The minimum atomic E-state index is -4.88. The van der Waals surface area contributed by atoms with E-state index in [9.17, 15) is 26.4 Å². The van der Waals surface area contributed by atoms with Crippen LogP contribution in [0, 0.1) is 0 Å². The summed E-state index contributed by atoms with van der Waals surface area (Å²) in [5.41, 5.74) is 0.351. The minimum absolute atomic E-state index is 0.0411. The van der Waals surface area contributed by atoms with Gasteiger partial charge in [-0.3, -0.25) is 9.78 Å². The number of ketones is 1. The molecule has 3 aromatic rings. The highest BCUT2D eigenvalue weighted by Gasteiger charge is 2.39. The van der Waals surface area contributed by atoms with Crippen molar-refractivity contribution in [3.8, 4) is 11.1 Å². The van der Waals surface area contributed by atoms with Gasteiger partial charge in [-0.1, -0.05) is 23.7 Å². The van der Waals surface area contributed by atoms with E-state index in [1.165, 1.54) is 24.3 Å².